The normalized spacial score (nSPS) is 23.6. The van der Waals surface area contributed by atoms with E-state index in [2.05, 4.69) is 10.2 Å². The summed E-state index contributed by atoms with van der Waals surface area (Å²) in [6.45, 7) is 3.60. The molecular weight excluding hydrogens is 307 g/mol. The maximum absolute atomic E-state index is 13.4. The van der Waals surface area contributed by atoms with Gasteiger partial charge >= 0.3 is 0 Å². The van der Waals surface area contributed by atoms with Crippen LogP contribution in [0.25, 0.3) is 0 Å². The average molecular weight is 327 g/mol. The number of amides is 1. The Morgan fingerprint density at radius 3 is 2.73 bits per heavy atom. The van der Waals surface area contributed by atoms with Crippen LogP contribution in [-0.4, -0.2) is 49.2 Å². The van der Waals surface area contributed by atoms with E-state index in [1.54, 1.807) is 6.07 Å². The summed E-state index contributed by atoms with van der Waals surface area (Å²) >= 11 is 5.63. The summed E-state index contributed by atoms with van der Waals surface area (Å²) in [6.07, 6.45) is 2.93. The first-order valence-corrected chi connectivity index (χ1v) is 8.09. The summed E-state index contributed by atoms with van der Waals surface area (Å²) in [5.74, 6) is -0.802. The first kappa shape index (κ1) is 15.7. The van der Waals surface area contributed by atoms with Crippen molar-refractivity contribution < 1.29 is 13.9 Å². The number of nitrogens with zero attached hydrogens (tertiary/aromatic N) is 1. The van der Waals surface area contributed by atoms with Crippen LogP contribution >= 0.6 is 11.6 Å². The Balaban J connectivity index is 1.51. The van der Waals surface area contributed by atoms with Crippen LogP contribution in [0.15, 0.2) is 18.2 Å². The molecule has 2 aliphatic heterocycles. The number of benzene rings is 1. The van der Waals surface area contributed by atoms with E-state index in [0.29, 0.717) is 11.6 Å². The minimum atomic E-state index is -0.564. The highest BCUT2D eigenvalue weighted by molar-refractivity contribution is 6.30. The quantitative estimate of drug-likeness (QED) is 0.927. The second-order valence-electron chi connectivity index (χ2n) is 5.93. The van der Waals surface area contributed by atoms with E-state index >= 15 is 0 Å². The van der Waals surface area contributed by atoms with Gasteiger partial charge in [-0.1, -0.05) is 11.6 Å². The molecule has 22 heavy (non-hydrogen) atoms. The number of piperidine rings is 1. The van der Waals surface area contributed by atoms with Gasteiger partial charge in [-0.05, 0) is 37.5 Å². The fourth-order valence-corrected chi connectivity index (χ4v) is 3.24. The van der Waals surface area contributed by atoms with Crippen LogP contribution in [0.4, 0.5) is 4.39 Å². The fourth-order valence-electron chi connectivity index (χ4n) is 3.13. The molecule has 0 saturated carbocycles. The van der Waals surface area contributed by atoms with Gasteiger partial charge in [0.2, 0.25) is 0 Å². The van der Waals surface area contributed by atoms with E-state index in [4.69, 9.17) is 16.3 Å². The van der Waals surface area contributed by atoms with Crippen LogP contribution in [0.5, 0.6) is 0 Å². The number of nitrogens with one attached hydrogen (secondary N) is 1. The van der Waals surface area contributed by atoms with Gasteiger partial charge in [0.15, 0.2) is 0 Å². The van der Waals surface area contributed by atoms with Crippen LogP contribution in [0.1, 0.15) is 29.6 Å². The number of carbonyl (C=O) groups is 1. The topological polar surface area (TPSA) is 41.6 Å². The number of halogens is 2. The molecule has 0 aliphatic carbocycles. The predicted molar refractivity (Wildman–Crippen MR) is 82.7 cm³/mol. The SMILES string of the molecule is O=C(NC1CCN([C@@H]2CCOC2)CC1)c1ccc(Cl)c(F)c1. The molecule has 1 N–H and O–H groups in total. The third-order valence-electron chi connectivity index (χ3n) is 4.47. The third-order valence-corrected chi connectivity index (χ3v) is 4.78. The zero-order valence-corrected chi connectivity index (χ0v) is 13.1. The van der Waals surface area contributed by atoms with Gasteiger partial charge in [0.25, 0.3) is 5.91 Å². The lowest BCUT2D eigenvalue weighted by Gasteiger charge is -2.35. The second-order valence-corrected chi connectivity index (χ2v) is 6.34. The Labute approximate surface area is 134 Å². The first-order valence-electron chi connectivity index (χ1n) is 7.71. The summed E-state index contributed by atoms with van der Waals surface area (Å²) in [5.41, 5.74) is 0.313. The van der Waals surface area contributed by atoms with Gasteiger partial charge in [-0.15, -0.1) is 0 Å². The Morgan fingerprint density at radius 1 is 1.32 bits per heavy atom. The monoisotopic (exact) mass is 326 g/mol. The lowest BCUT2D eigenvalue weighted by atomic mass is 10.0. The van der Waals surface area contributed by atoms with Crippen molar-refractivity contribution in [2.45, 2.75) is 31.3 Å². The lowest BCUT2D eigenvalue weighted by Crippen LogP contribution is -2.48. The molecule has 6 heteroatoms. The number of ether oxygens (including phenoxy) is 1. The summed E-state index contributed by atoms with van der Waals surface area (Å²) in [4.78, 5) is 14.6. The Morgan fingerprint density at radius 2 is 2.09 bits per heavy atom. The molecule has 2 heterocycles. The summed E-state index contributed by atoms with van der Waals surface area (Å²) < 4.78 is 18.8. The van der Waals surface area contributed by atoms with E-state index in [9.17, 15) is 9.18 Å². The highest BCUT2D eigenvalue weighted by atomic mass is 35.5. The first-order chi connectivity index (χ1) is 10.6. The summed E-state index contributed by atoms with van der Waals surface area (Å²) in [5, 5.41) is 3.02. The Bertz CT molecular complexity index is 541. The van der Waals surface area contributed by atoms with Crippen molar-refractivity contribution in [1.29, 1.82) is 0 Å². The standard InChI is InChI=1S/C16H20ClFN2O2/c17-14-2-1-11(9-15(14)18)16(21)19-12-3-6-20(7-4-12)13-5-8-22-10-13/h1-2,9,12-13H,3-8,10H2,(H,19,21)/t13-/m1/s1. The van der Waals surface area contributed by atoms with E-state index in [1.165, 1.54) is 12.1 Å². The van der Waals surface area contributed by atoms with Gasteiger partial charge in [-0.25, -0.2) is 4.39 Å². The second kappa shape index (κ2) is 6.94. The van der Waals surface area contributed by atoms with Crippen molar-refractivity contribution in [1.82, 2.24) is 10.2 Å². The maximum Gasteiger partial charge on any atom is 0.251 e. The number of carbonyl (C=O) groups excluding carboxylic acids is 1. The Kier molecular flexibility index (Phi) is 4.96. The van der Waals surface area contributed by atoms with Crippen molar-refractivity contribution in [3.63, 3.8) is 0 Å². The van der Waals surface area contributed by atoms with Crippen molar-refractivity contribution in [2.75, 3.05) is 26.3 Å². The molecule has 0 unspecified atom stereocenters. The highest BCUT2D eigenvalue weighted by Gasteiger charge is 2.28. The molecular formula is C16H20ClFN2O2. The van der Waals surface area contributed by atoms with Crippen molar-refractivity contribution in [3.8, 4) is 0 Å². The smallest absolute Gasteiger partial charge is 0.251 e. The molecule has 2 fully saturated rings. The van der Waals surface area contributed by atoms with Crippen LogP contribution in [0.2, 0.25) is 5.02 Å². The largest absolute Gasteiger partial charge is 0.380 e. The van der Waals surface area contributed by atoms with Gasteiger partial charge < -0.3 is 10.1 Å². The maximum atomic E-state index is 13.4. The van der Waals surface area contributed by atoms with Crippen LogP contribution in [-0.2, 0) is 4.74 Å². The van der Waals surface area contributed by atoms with Crippen LogP contribution < -0.4 is 5.32 Å². The van der Waals surface area contributed by atoms with Gasteiger partial charge in [0.05, 0.1) is 11.6 Å². The van der Waals surface area contributed by atoms with E-state index in [0.717, 1.165) is 45.6 Å². The molecule has 3 rings (SSSR count). The molecule has 2 saturated heterocycles. The van der Waals surface area contributed by atoms with Crippen molar-refractivity contribution in [3.05, 3.63) is 34.6 Å². The minimum absolute atomic E-state index is 0.0311. The molecule has 4 nitrogen and oxygen atoms in total. The zero-order chi connectivity index (χ0) is 15.5. The van der Waals surface area contributed by atoms with Gasteiger partial charge in [-0.2, -0.15) is 0 Å². The molecule has 1 aromatic rings. The predicted octanol–water partition coefficient (Wildman–Crippen LogP) is 2.46. The molecule has 1 atom stereocenters. The number of likely N-dealkylation sites (tertiary alicyclic amines) is 1. The molecule has 120 valence electrons. The number of rotatable bonds is 3. The average Bonchev–Trinajstić information content (AvgIpc) is 3.05. The van der Waals surface area contributed by atoms with Crippen molar-refractivity contribution in [2.24, 2.45) is 0 Å². The molecule has 0 radical (unpaired) electrons. The third kappa shape index (κ3) is 3.59. The zero-order valence-electron chi connectivity index (χ0n) is 12.4. The van der Waals surface area contributed by atoms with Crippen LogP contribution in [0.3, 0.4) is 0 Å². The molecule has 0 bridgehead atoms. The van der Waals surface area contributed by atoms with E-state index in [1.807, 2.05) is 0 Å². The Hall–Kier alpha value is -1.17. The highest BCUT2D eigenvalue weighted by Crippen LogP contribution is 2.20. The summed E-state index contributed by atoms with van der Waals surface area (Å²) in [6, 6.07) is 4.81. The van der Waals surface area contributed by atoms with Crippen LogP contribution in [0, 0.1) is 5.82 Å². The van der Waals surface area contributed by atoms with E-state index in [-0.39, 0.29) is 17.0 Å². The number of hydrogen-bond acceptors (Lipinski definition) is 3. The fraction of sp³-hybridized carbons (Fsp3) is 0.562. The molecule has 0 spiro atoms. The number of hydrogen-bond donors (Lipinski definition) is 1. The van der Waals surface area contributed by atoms with Gasteiger partial charge in [0, 0.05) is 37.3 Å². The lowest BCUT2D eigenvalue weighted by molar-refractivity contribution is 0.0874. The molecule has 0 aromatic heterocycles. The van der Waals surface area contributed by atoms with Gasteiger partial charge in [0.1, 0.15) is 5.82 Å². The van der Waals surface area contributed by atoms with Crippen molar-refractivity contribution >= 4 is 17.5 Å². The van der Waals surface area contributed by atoms with E-state index < -0.39 is 5.82 Å². The molecule has 2 aliphatic rings. The van der Waals surface area contributed by atoms with Gasteiger partial charge in [-0.3, -0.25) is 9.69 Å². The molecule has 1 amide bonds. The minimum Gasteiger partial charge on any atom is -0.380 e. The molecule has 1 aromatic carbocycles. The summed E-state index contributed by atoms with van der Waals surface area (Å²) in [7, 11) is 0.